The number of nitrogens with zero attached hydrogens (tertiary/aromatic N) is 4. The van der Waals surface area contributed by atoms with Gasteiger partial charge in [0, 0.05) is 18.8 Å². The molecule has 0 aliphatic rings. The van der Waals surface area contributed by atoms with Crippen LogP contribution in [0.3, 0.4) is 0 Å². The number of hydrogen-bond acceptors (Lipinski definition) is 4. The van der Waals surface area contributed by atoms with Crippen LogP contribution in [0, 0.1) is 13.8 Å². The second-order valence-corrected chi connectivity index (χ2v) is 5.09. The van der Waals surface area contributed by atoms with Crippen LogP contribution >= 0.6 is 0 Å². The van der Waals surface area contributed by atoms with Crippen molar-refractivity contribution in [1.82, 2.24) is 19.6 Å². The maximum atomic E-state index is 6.06. The molecular formula is C13H22N6. The van der Waals surface area contributed by atoms with Crippen molar-refractivity contribution in [3.8, 4) is 0 Å². The van der Waals surface area contributed by atoms with Crippen molar-refractivity contribution >= 4 is 11.5 Å². The highest BCUT2D eigenvalue weighted by atomic mass is 15.4. The Labute approximate surface area is 113 Å². The normalized spacial score (nSPS) is 11.2. The summed E-state index contributed by atoms with van der Waals surface area (Å²) in [5.41, 5.74) is 8.82. The first kappa shape index (κ1) is 13.5. The molecule has 0 atom stereocenters. The SMILES string of the molecule is Cc1cnn(CCNc2c(N)c(C)nn2C(C)C)c1. The summed E-state index contributed by atoms with van der Waals surface area (Å²) in [4.78, 5) is 0. The number of hydrogen-bond donors (Lipinski definition) is 2. The molecule has 6 nitrogen and oxygen atoms in total. The van der Waals surface area contributed by atoms with Gasteiger partial charge in [0.25, 0.3) is 0 Å². The lowest BCUT2D eigenvalue weighted by molar-refractivity contribution is 0.532. The van der Waals surface area contributed by atoms with Crippen LogP contribution in [0.2, 0.25) is 0 Å². The number of nitrogens with one attached hydrogen (secondary N) is 1. The van der Waals surface area contributed by atoms with E-state index in [0.29, 0.717) is 0 Å². The molecule has 0 spiro atoms. The lowest BCUT2D eigenvalue weighted by Crippen LogP contribution is -2.15. The minimum Gasteiger partial charge on any atom is -0.394 e. The highest BCUT2D eigenvalue weighted by Crippen LogP contribution is 2.25. The van der Waals surface area contributed by atoms with Gasteiger partial charge in [0.05, 0.1) is 24.1 Å². The molecule has 2 aromatic heterocycles. The molecule has 2 aromatic rings. The Morgan fingerprint density at radius 2 is 2.11 bits per heavy atom. The van der Waals surface area contributed by atoms with Gasteiger partial charge in [-0.25, -0.2) is 4.68 Å². The molecule has 2 heterocycles. The maximum Gasteiger partial charge on any atom is 0.148 e. The monoisotopic (exact) mass is 262 g/mol. The molecule has 19 heavy (non-hydrogen) atoms. The number of aryl methyl sites for hydroxylation is 2. The molecule has 0 radical (unpaired) electrons. The predicted octanol–water partition coefficient (Wildman–Crippen LogP) is 1.97. The van der Waals surface area contributed by atoms with E-state index in [-0.39, 0.29) is 6.04 Å². The smallest absolute Gasteiger partial charge is 0.148 e. The van der Waals surface area contributed by atoms with Gasteiger partial charge >= 0.3 is 0 Å². The van der Waals surface area contributed by atoms with E-state index >= 15 is 0 Å². The van der Waals surface area contributed by atoms with Crippen LogP contribution in [-0.4, -0.2) is 26.1 Å². The van der Waals surface area contributed by atoms with Gasteiger partial charge in [0.1, 0.15) is 5.82 Å². The van der Waals surface area contributed by atoms with E-state index in [1.165, 1.54) is 5.56 Å². The van der Waals surface area contributed by atoms with Crippen LogP contribution in [0.1, 0.15) is 31.1 Å². The quantitative estimate of drug-likeness (QED) is 0.864. The molecule has 0 aromatic carbocycles. The summed E-state index contributed by atoms with van der Waals surface area (Å²) >= 11 is 0. The summed E-state index contributed by atoms with van der Waals surface area (Å²) in [5.74, 6) is 0.899. The minimum absolute atomic E-state index is 0.283. The molecule has 3 N–H and O–H groups in total. The highest BCUT2D eigenvalue weighted by Gasteiger charge is 2.13. The Morgan fingerprint density at radius 1 is 1.37 bits per heavy atom. The summed E-state index contributed by atoms with van der Waals surface area (Å²) in [6.07, 6.45) is 3.88. The first-order valence-corrected chi connectivity index (χ1v) is 6.56. The summed E-state index contributed by atoms with van der Waals surface area (Å²) in [5, 5.41) is 12.1. The Kier molecular flexibility index (Phi) is 3.78. The van der Waals surface area contributed by atoms with E-state index in [0.717, 1.165) is 30.3 Å². The molecule has 0 aliphatic carbocycles. The van der Waals surface area contributed by atoms with Gasteiger partial charge in [0.2, 0.25) is 0 Å². The Bertz CT molecular complexity index is 551. The van der Waals surface area contributed by atoms with Crippen molar-refractivity contribution in [3.05, 3.63) is 23.7 Å². The molecule has 0 unspecified atom stereocenters. The molecule has 0 saturated carbocycles. The fourth-order valence-electron chi connectivity index (χ4n) is 1.99. The van der Waals surface area contributed by atoms with Crippen LogP contribution in [0.4, 0.5) is 11.5 Å². The molecule has 0 amide bonds. The lowest BCUT2D eigenvalue weighted by Gasteiger charge is -2.13. The van der Waals surface area contributed by atoms with Gasteiger partial charge in [-0.1, -0.05) is 0 Å². The van der Waals surface area contributed by atoms with Crippen molar-refractivity contribution in [1.29, 1.82) is 0 Å². The second kappa shape index (κ2) is 5.34. The Balaban J connectivity index is 2.03. The second-order valence-electron chi connectivity index (χ2n) is 5.09. The van der Waals surface area contributed by atoms with Gasteiger partial charge < -0.3 is 11.1 Å². The van der Waals surface area contributed by atoms with Crippen molar-refractivity contribution in [2.45, 2.75) is 40.3 Å². The Morgan fingerprint density at radius 3 is 2.68 bits per heavy atom. The van der Waals surface area contributed by atoms with Gasteiger partial charge in [-0.05, 0) is 33.3 Å². The van der Waals surface area contributed by atoms with Crippen molar-refractivity contribution in [3.63, 3.8) is 0 Å². The lowest BCUT2D eigenvalue weighted by atomic mass is 10.3. The molecule has 0 aliphatic heterocycles. The third-order valence-corrected chi connectivity index (χ3v) is 3.02. The number of nitrogens with two attached hydrogens (primary N) is 1. The molecular weight excluding hydrogens is 240 g/mol. The van der Waals surface area contributed by atoms with Crippen molar-refractivity contribution in [2.75, 3.05) is 17.6 Å². The average Bonchev–Trinajstić information content (AvgIpc) is 2.87. The fourth-order valence-corrected chi connectivity index (χ4v) is 1.99. The minimum atomic E-state index is 0.283. The maximum absolute atomic E-state index is 6.06. The predicted molar refractivity (Wildman–Crippen MR) is 77.2 cm³/mol. The van der Waals surface area contributed by atoms with Gasteiger partial charge in [-0.3, -0.25) is 4.68 Å². The topological polar surface area (TPSA) is 73.7 Å². The van der Waals surface area contributed by atoms with Crippen LogP contribution in [0.15, 0.2) is 12.4 Å². The first-order valence-electron chi connectivity index (χ1n) is 6.56. The van der Waals surface area contributed by atoms with Crippen molar-refractivity contribution in [2.24, 2.45) is 0 Å². The van der Waals surface area contributed by atoms with E-state index in [2.05, 4.69) is 29.4 Å². The molecule has 104 valence electrons. The molecule has 0 bridgehead atoms. The zero-order valence-corrected chi connectivity index (χ0v) is 12.0. The van der Waals surface area contributed by atoms with E-state index in [9.17, 15) is 0 Å². The van der Waals surface area contributed by atoms with Gasteiger partial charge in [-0.15, -0.1) is 0 Å². The number of rotatable bonds is 5. The first-order chi connectivity index (χ1) is 8.99. The number of nitrogen functional groups attached to an aromatic ring is 1. The van der Waals surface area contributed by atoms with E-state index in [4.69, 9.17) is 5.73 Å². The summed E-state index contributed by atoms with van der Waals surface area (Å²) in [6, 6.07) is 0.283. The van der Waals surface area contributed by atoms with E-state index in [1.807, 2.05) is 35.6 Å². The largest absolute Gasteiger partial charge is 0.394 e. The standard InChI is InChI=1S/C13H22N6/c1-9(2)19-13(12(14)11(4)17-19)15-5-6-18-8-10(3)7-16-18/h7-9,15H,5-6,14H2,1-4H3. The average molecular weight is 262 g/mol. The third-order valence-electron chi connectivity index (χ3n) is 3.02. The van der Waals surface area contributed by atoms with Gasteiger partial charge in [0.15, 0.2) is 0 Å². The molecule has 6 heteroatoms. The highest BCUT2D eigenvalue weighted by molar-refractivity contribution is 5.64. The zero-order chi connectivity index (χ0) is 14.0. The number of aromatic nitrogens is 4. The van der Waals surface area contributed by atoms with E-state index in [1.54, 1.807) is 0 Å². The molecule has 0 fully saturated rings. The van der Waals surface area contributed by atoms with Crippen LogP contribution in [0.25, 0.3) is 0 Å². The molecule has 2 rings (SSSR count). The zero-order valence-electron chi connectivity index (χ0n) is 12.0. The summed E-state index contributed by atoms with van der Waals surface area (Å²) in [6.45, 7) is 9.71. The van der Waals surface area contributed by atoms with Crippen LogP contribution in [0.5, 0.6) is 0 Å². The fraction of sp³-hybridized carbons (Fsp3) is 0.538. The van der Waals surface area contributed by atoms with Gasteiger partial charge in [-0.2, -0.15) is 10.2 Å². The Hall–Kier alpha value is -1.98. The van der Waals surface area contributed by atoms with E-state index < -0.39 is 0 Å². The van der Waals surface area contributed by atoms with Crippen molar-refractivity contribution < 1.29 is 0 Å². The molecule has 0 saturated heterocycles. The summed E-state index contributed by atoms with van der Waals surface area (Å²) in [7, 11) is 0. The third kappa shape index (κ3) is 2.89. The summed E-state index contributed by atoms with van der Waals surface area (Å²) < 4.78 is 3.85. The van der Waals surface area contributed by atoms with Crippen LogP contribution in [-0.2, 0) is 6.54 Å². The van der Waals surface area contributed by atoms with Crippen LogP contribution < -0.4 is 11.1 Å². The number of anilines is 2.